The third-order valence-corrected chi connectivity index (χ3v) is 2.93. The summed E-state index contributed by atoms with van der Waals surface area (Å²) in [5.74, 6) is 0.0477. The van der Waals surface area contributed by atoms with E-state index in [4.69, 9.17) is 12.2 Å². The molecule has 0 radical (unpaired) electrons. The van der Waals surface area contributed by atoms with Gasteiger partial charge in [-0.2, -0.15) is 0 Å². The fourth-order valence-corrected chi connectivity index (χ4v) is 1.43. The zero-order valence-electron chi connectivity index (χ0n) is 9.49. The molecular formula is C9H19NO2S2. The predicted molar refractivity (Wildman–Crippen MR) is 66.7 cm³/mol. The minimum absolute atomic E-state index is 0.244. The van der Waals surface area contributed by atoms with E-state index in [9.17, 15) is 4.79 Å². The Kier molecular flexibility index (Phi) is 12.4. The highest BCUT2D eigenvalue weighted by Gasteiger charge is 2.06. The highest BCUT2D eigenvalue weighted by atomic mass is 32.2. The van der Waals surface area contributed by atoms with Gasteiger partial charge in [-0.05, 0) is 6.92 Å². The third kappa shape index (κ3) is 8.31. The summed E-state index contributed by atoms with van der Waals surface area (Å²) < 4.78 is 5.20. The molecule has 0 spiro atoms. The van der Waals surface area contributed by atoms with Crippen LogP contribution in [0, 0.1) is 0 Å². The van der Waals surface area contributed by atoms with E-state index in [1.54, 1.807) is 0 Å². The van der Waals surface area contributed by atoms with Crippen molar-refractivity contribution in [2.24, 2.45) is 0 Å². The Balaban J connectivity index is 0. The van der Waals surface area contributed by atoms with E-state index >= 15 is 0 Å². The van der Waals surface area contributed by atoms with E-state index in [0.29, 0.717) is 5.75 Å². The van der Waals surface area contributed by atoms with Gasteiger partial charge >= 0.3 is 5.97 Å². The predicted octanol–water partition coefficient (Wildman–Crippen LogP) is 2.16. The first-order valence-corrected chi connectivity index (χ1v) is 5.95. The highest BCUT2D eigenvalue weighted by molar-refractivity contribution is 8.23. The molecule has 0 atom stereocenters. The number of hydrogen-bond donors (Lipinski definition) is 0. The van der Waals surface area contributed by atoms with E-state index < -0.39 is 0 Å². The zero-order valence-corrected chi connectivity index (χ0v) is 11.1. The van der Waals surface area contributed by atoms with E-state index in [1.807, 2.05) is 32.7 Å². The van der Waals surface area contributed by atoms with E-state index in [0.717, 1.165) is 10.9 Å². The van der Waals surface area contributed by atoms with E-state index in [-0.39, 0.29) is 5.97 Å². The number of thioether (sulfide) groups is 1. The number of thiocarbonyl (C=S) groups is 1. The van der Waals surface area contributed by atoms with Crippen LogP contribution < -0.4 is 0 Å². The normalized spacial score (nSPS) is 8.36. The van der Waals surface area contributed by atoms with E-state index in [2.05, 4.69) is 4.74 Å². The number of ether oxygens (including phenoxy) is 1. The molecule has 0 aliphatic rings. The standard InChI is InChI=1S/C7H13NO2S2.C2H6/c1-4-8(2)7(11)12-5-6(9)10-3;1-2/h4-5H2,1-3H3;1-2H3. The molecule has 0 heterocycles. The number of methoxy groups -OCH3 is 1. The highest BCUT2D eigenvalue weighted by Crippen LogP contribution is 2.07. The van der Waals surface area contributed by atoms with Crippen LogP contribution in [0.2, 0.25) is 0 Å². The molecule has 0 saturated heterocycles. The van der Waals surface area contributed by atoms with Crippen molar-refractivity contribution in [2.45, 2.75) is 20.8 Å². The van der Waals surface area contributed by atoms with Crippen molar-refractivity contribution in [3.05, 3.63) is 0 Å². The van der Waals surface area contributed by atoms with Gasteiger partial charge in [0.15, 0.2) is 0 Å². The molecule has 0 fully saturated rings. The summed E-state index contributed by atoms with van der Waals surface area (Å²) in [6.45, 7) is 6.86. The number of hydrogen-bond acceptors (Lipinski definition) is 4. The van der Waals surface area contributed by atoms with Gasteiger partial charge in [0, 0.05) is 13.6 Å². The van der Waals surface area contributed by atoms with Gasteiger partial charge in [-0.25, -0.2) is 0 Å². The SMILES string of the molecule is CC.CCN(C)C(=S)SCC(=O)OC. The first-order valence-electron chi connectivity index (χ1n) is 4.56. The van der Waals surface area contributed by atoms with Crippen LogP contribution in [0.5, 0.6) is 0 Å². The zero-order chi connectivity index (χ0) is 11.6. The maximum Gasteiger partial charge on any atom is 0.316 e. The second kappa shape index (κ2) is 10.8. The molecule has 0 N–H and O–H groups in total. The quantitative estimate of drug-likeness (QED) is 0.554. The lowest BCUT2D eigenvalue weighted by molar-refractivity contribution is -0.137. The van der Waals surface area contributed by atoms with Gasteiger partial charge in [0.1, 0.15) is 4.32 Å². The summed E-state index contributed by atoms with van der Waals surface area (Å²) >= 11 is 6.35. The summed E-state index contributed by atoms with van der Waals surface area (Å²) in [5, 5.41) is 0. The molecule has 5 heteroatoms. The number of nitrogens with zero attached hydrogens (tertiary/aromatic N) is 1. The van der Waals surface area contributed by atoms with Crippen molar-refractivity contribution >= 4 is 34.3 Å². The Morgan fingerprint density at radius 1 is 1.50 bits per heavy atom. The van der Waals surface area contributed by atoms with Gasteiger partial charge in [0.2, 0.25) is 0 Å². The largest absolute Gasteiger partial charge is 0.468 e. The fourth-order valence-electron chi connectivity index (χ4n) is 0.419. The number of rotatable bonds is 3. The average Bonchev–Trinajstić information content (AvgIpc) is 2.26. The van der Waals surface area contributed by atoms with Gasteiger partial charge in [-0.3, -0.25) is 4.79 Å². The Bertz CT molecular complexity index is 174. The second-order valence-electron chi connectivity index (χ2n) is 2.14. The first kappa shape index (κ1) is 16.2. The van der Waals surface area contributed by atoms with Crippen LogP contribution in [0.25, 0.3) is 0 Å². The molecule has 14 heavy (non-hydrogen) atoms. The van der Waals surface area contributed by atoms with Crippen LogP contribution in [0.1, 0.15) is 20.8 Å². The molecule has 0 aromatic carbocycles. The van der Waals surface area contributed by atoms with Crippen molar-refractivity contribution < 1.29 is 9.53 Å². The lowest BCUT2D eigenvalue weighted by Crippen LogP contribution is -2.22. The molecule has 0 saturated carbocycles. The summed E-state index contributed by atoms with van der Waals surface area (Å²) in [5.41, 5.74) is 0. The average molecular weight is 237 g/mol. The first-order chi connectivity index (χ1) is 6.61. The van der Waals surface area contributed by atoms with Crippen LogP contribution >= 0.6 is 24.0 Å². The maximum absolute atomic E-state index is 10.7. The minimum atomic E-state index is -0.244. The molecule has 0 amide bonds. The molecule has 0 aromatic rings. The lowest BCUT2D eigenvalue weighted by Gasteiger charge is -2.15. The third-order valence-electron chi connectivity index (χ3n) is 1.33. The minimum Gasteiger partial charge on any atom is -0.468 e. The van der Waals surface area contributed by atoms with Gasteiger partial charge in [-0.15, -0.1) is 0 Å². The topological polar surface area (TPSA) is 29.5 Å². The molecule has 0 bridgehead atoms. The van der Waals surface area contributed by atoms with Crippen molar-refractivity contribution in [3.8, 4) is 0 Å². The second-order valence-corrected chi connectivity index (χ2v) is 3.75. The Labute approximate surface area is 96.2 Å². The van der Waals surface area contributed by atoms with Crippen LogP contribution in [-0.2, 0) is 9.53 Å². The van der Waals surface area contributed by atoms with Gasteiger partial charge in [0.05, 0.1) is 12.9 Å². The molecular weight excluding hydrogens is 218 g/mol. The number of carbonyl (C=O) groups excluding carboxylic acids is 1. The van der Waals surface area contributed by atoms with Gasteiger partial charge in [-0.1, -0.05) is 37.8 Å². The van der Waals surface area contributed by atoms with Crippen molar-refractivity contribution in [1.82, 2.24) is 4.90 Å². The fraction of sp³-hybridized carbons (Fsp3) is 0.778. The van der Waals surface area contributed by atoms with Gasteiger partial charge < -0.3 is 9.64 Å². The molecule has 0 aromatic heterocycles. The van der Waals surface area contributed by atoms with Crippen molar-refractivity contribution in [2.75, 3.05) is 26.5 Å². The van der Waals surface area contributed by atoms with Crippen LogP contribution in [-0.4, -0.2) is 41.6 Å². The summed E-state index contributed by atoms with van der Waals surface area (Å²) in [6.07, 6.45) is 0. The van der Waals surface area contributed by atoms with E-state index in [1.165, 1.54) is 18.9 Å². The molecule has 3 nitrogen and oxygen atoms in total. The number of carbonyl (C=O) groups is 1. The Hall–Kier alpha value is -0.290. The summed E-state index contributed by atoms with van der Waals surface area (Å²) in [6, 6.07) is 0. The summed E-state index contributed by atoms with van der Waals surface area (Å²) in [7, 11) is 3.27. The molecule has 0 aliphatic carbocycles. The Morgan fingerprint density at radius 3 is 2.36 bits per heavy atom. The molecule has 0 unspecified atom stereocenters. The number of esters is 1. The molecule has 84 valence electrons. The van der Waals surface area contributed by atoms with Gasteiger partial charge in [0.25, 0.3) is 0 Å². The monoisotopic (exact) mass is 237 g/mol. The van der Waals surface area contributed by atoms with Crippen LogP contribution in [0.3, 0.4) is 0 Å². The molecule has 0 aliphatic heterocycles. The Morgan fingerprint density at radius 2 is 2.00 bits per heavy atom. The molecule has 0 rings (SSSR count). The maximum atomic E-state index is 10.7. The van der Waals surface area contributed by atoms with Crippen molar-refractivity contribution in [1.29, 1.82) is 0 Å². The summed E-state index contributed by atoms with van der Waals surface area (Å²) in [4.78, 5) is 12.6. The lowest BCUT2D eigenvalue weighted by atomic mass is 10.7. The van der Waals surface area contributed by atoms with Crippen LogP contribution in [0.4, 0.5) is 0 Å². The van der Waals surface area contributed by atoms with Crippen molar-refractivity contribution in [3.63, 3.8) is 0 Å². The smallest absolute Gasteiger partial charge is 0.316 e. The van der Waals surface area contributed by atoms with Crippen LogP contribution in [0.15, 0.2) is 0 Å².